The van der Waals surface area contributed by atoms with Crippen LogP contribution >= 0.6 is 0 Å². The summed E-state index contributed by atoms with van der Waals surface area (Å²) in [7, 11) is 5.21. The molecule has 24 heavy (non-hydrogen) atoms. The quantitative estimate of drug-likeness (QED) is 0.833. The molecule has 134 valence electrons. The van der Waals surface area contributed by atoms with Crippen LogP contribution in [0.3, 0.4) is 0 Å². The van der Waals surface area contributed by atoms with Crippen LogP contribution in [-0.2, 0) is 11.3 Å². The number of carbonyl (C=O) groups excluding carboxylic acids is 1. The molecule has 0 radical (unpaired) electrons. The Kier molecular flexibility index (Phi) is 6.91. The van der Waals surface area contributed by atoms with Gasteiger partial charge >= 0.3 is 0 Å². The number of amides is 1. The predicted molar refractivity (Wildman–Crippen MR) is 95.4 cm³/mol. The normalized spacial score (nSPS) is 20.7. The molecule has 0 aromatic heterocycles. The monoisotopic (exact) mass is 334 g/mol. The van der Waals surface area contributed by atoms with Crippen molar-refractivity contribution in [1.29, 1.82) is 0 Å². The molecule has 5 nitrogen and oxygen atoms in total. The van der Waals surface area contributed by atoms with E-state index >= 15 is 0 Å². The molecular weight excluding hydrogens is 304 g/mol. The topological polar surface area (TPSA) is 50.8 Å². The molecule has 5 heteroatoms. The van der Waals surface area contributed by atoms with Gasteiger partial charge in [-0.25, -0.2) is 0 Å². The molecule has 1 aliphatic rings. The van der Waals surface area contributed by atoms with Gasteiger partial charge in [0, 0.05) is 18.2 Å². The third-order valence-electron chi connectivity index (χ3n) is 4.80. The van der Waals surface area contributed by atoms with Crippen molar-refractivity contribution in [1.82, 2.24) is 10.2 Å². The molecular formula is C19H30N2O3. The van der Waals surface area contributed by atoms with E-state index in [1.807, 2.05) is 30.1 Å². The van der Waals surface area contributed by atoms with Gasteiger partial charge < -0.3 is 14.8 Å². The lowest BCUT2D eigenvalue weighted by molar-refractivity contribution is -0.123. The van der Waals surface area contributed by atoms with Crippen molar-refractivity contribution in [3.05, 3.63) is 23.8 Å². The number of para-hydroxylation sites is 1. The SMILES string of the molecule is COc1cccc(CN(C)CC(=O)N[C@@H]2CCCC[C@H]2C)c1OC. The molecule has 1 fully saturated rings. The number of carbonyl (C=O) groups is 1. The Bertz CT molecular complexity index is 547. The van der Waals surface area contributed by atoms with Gasteiger partial charge in [0.2, 0.25) is 5.91 Å². The van der Waals surface area contributed by atoms with Crippen LogP contribution in [0.15, 0.2) is 18.2 Å². The lowest BCUT2D eigenvalue weighted by atomic mass is 9.86. The van der Waals surface area contributed by atoms with Crippen molar-refractivity contribution in [3.8, 4) is 11.5 Å². The number of ether oxygens (including phenoxy) is 2. The molecule has 2 atom stereocenters. The fourth-order valence-corrected chi connectivity index (χ4v) is 3.45. The number of rotatable bonds is 7. The van der Waals surface area contributed by atoms with Gasteiger partial charge in [0.25, 0.3) is 0 Å². The van der Waals surface area contributed by atoms with Crippen LogP contribution < -0.4 is 14.8 Å². The molecule has 2 rings (SSSR count). The van der Waals surface area contributed by atoms with E-state index in [2.05, 4.69) is 12.2 Å². The highest BCUT2D eigenvalue weighted by Crippen LogP contribution is 2.31. The van der Waals surface area contributed by atoms with Crippen molar-refractivity contribution in [2.45, 2.75) is 45.2 Å². The molecule has 0 aliphatic heterocycles. The molecule has 1 aliphatic carbocycles. The zero-order chi connectivity index (χ0) is 17.5. The van der Waals surface area contributed by atoms with Crippen molar-refractivity contribution < 1.29 is 14.3 Å². The minimum absolute atomic E-state index is 0.0955. The maximum Gasteiger partial charge on any atom is 0.234 e. The van der Waals surface area contributed by atoms with Crippen LogP contribution in [0.1, 0.15) is 38.2 Å². The minimum Gasteiger partial charge on any atom is -0.493 e. The van der Waals surface area contributed by atoms with Crippen molar-refractivity contribution in [2.75, 3.05) is 27.8 Å². The van der Waals surface area contributed by atoms with Crippen molar-refractivity contribution in [3.63, 3.8) is 0 Å². The first-order chi connectivity index (χ1) is 11.5. The van der Waals surface area contributed by atoms with Crippen LogP contribution in [0.25, 0.3) is 0 Å². The van der Waals surface area contributed by atoms with Crippen LogP contribution in [0, 0.1) is 5.92 Å². The van der Waals surface area contributed by atoms with Gasteiger partial charge in [-0.2, -0.15) is 0 Å². The van der Waals surface area contributed by atoms with E-state index in [1.165, 1.54) is 19.3 Å². The second kappa shape index (κ2) is 8.92. The predicted octanol–water partition coefficient (Wildman–Crippen LogP) is 2.83. The smallest absolute Gasteiger partial charge is 0.234 e. The highest BCUT2D eigenvalue weighted by molar-refractivity contribution is 5.78. The number of nitrogens with one attached hydrogen (secondary N) is 1. The summed E-state index contributed by atoms with van der Waals surface area (Å²) in [5, 5.41) is 3.20. The summed E-state index contributed by atoms with van der Waals surface area (Å²) in [5.41, 5.74) is 1.01. The van der Waals surface area contributed by atoms with E-state index in [-0.39, 0.29) is 5.91 Å². The highest BCUT2D eigenvalue weighted by Gasteiger charge is 2.23. The summed E-state index contributed by atoms with van der Waals surface area (Å²) in [6.45, 7) is 3.24. The molecule has 1 saturated carbocycles. The van der Waals surface area contributed by atoms with Crippen molar-refractivity contribution >= 4 is 5.91 Å². The van der Waals surface area contributed by atoms with E-state index in [0.29, 0.717) is 30.8 Å². The molecule has 1 N–H and O–H groups in total. The number of benzene rings is 1. The highest BCUT2D eigenvalue weighted by atomic mass is 16.5. The third kappa shape index (κ3) is 4.87. The second-order valence-corrected chi connectivity index (χ2v) is 6.76. The zero-order valence-electron chi connectivity index (χ0n) is 15.3. The average Bonchev–Trinajstić information content (AvgIpc) is 2.56. The van der Waals surface area contributed by atoms with Gasteiger partial charge in [-0.1, -0.05) is 31.9 Å². The average molecular weight is 334 g/mol. The summed E-state index contributed by atoms with van der Waals surface area (Å²) < 4.78 is 10.8. The molecule has 1 aromatic carbocycles. The van der Waals surface area contributed by atoms with Gasteiger partial charge in [-0.3, -0.25) is 9.69 Å². The summed E-state index contributed by atoms with van der Waals surface area (Å²) in [6.07, 6.45) is 4.80. The lowest BCUT2D eigenvalue weighted by Crippen LogP contribution is -2.44. The fraction of sp³-hybridized carbons (Fsp3) is 0.632. The summed E-state index contributed by atoms with van der Waals surface area (Å²) >= 11 is 0. The molecule has 1 aromatic rings. The van der Waals surface area contributed by atoms with E-state index in [9.17, 15) is 4.79 Å². The number of hydrogen-bond acceptors (Lipinski definition) is 4. The summed E-state index contributed by atoms with van der Waals surface area (Å²) in [6, 6.07) is 6.14. The number of methoxy groups -OCH3 is 2. The van der Waals surface area contributed by atoms with Crippen LogP contribution in [0.4, 0.5) is 0 Å². The molecule has 1 amide bonds. The Morgan fingerprint density at radius 1 is 1.25 bits per heavy atom. The fourth-order valence-electron chi connectivity index (χ4n) is 3.45. The van der Waals surface area contributed by atoms with Crippen LogP contribution in [0.2, 0.25) is 0 Å². The summed E-state index contributed by atoms with van der Waals surface area (Å²) in [5.74, 6) is 2.11. The number of hydrogen-bond donors (Lipinski definition) is 1. The van der Waals surface area contributed by atoms with E-state index in [4.69, 9.17) is 9.47 Å². The first kappa shape index (κ1) is 18.6. The molecule has 0 saturated heterocycles. The number of likely N-dealkylation sites (N-methyl/N-ethyl adjacent to an activating group) is 1. The second-order valence-electron chi connectivity index (χ2n) is 6.76. The van der Waals surface area contributed by atoms with Crippen LogP contribution in [0.5, 0.6) is 11.5 Å². The first-order valence-corrected chi connectivity index (χ1v) is 8.73. The van der Waals surface area contributed by atoms with Crippen molar-refractivity contribution in [2.24, 2.45) is 5.92 Å². The Hall–Kier alpha value is -1.75. The molecule has 0 unspecified atom stereocenters. The Morgan fingerprint density at radius 2 is 2.00 bits per heavy atom. The lowest BCUT2D eigenvalue weighted by Gasteiger charge is -2.30. The van der Waals surface area contributed by atoms with Gasteiger partial charge in [-0.15, -0.1) is 0 Å². The maximum atomic E-state index is 12.3. The van der Waals surface area contributed by atoms with Gasteiger partial charge in [0.1, 0.15) is 0 Å². The molecule has 0 heterocycles. The van der Waals surface area contributed by atoms with Crippen LogP contribution in [-0.4, -0.2) is 44.7 Å². The van der Waals surface area contributed by atoms with E-state index < -0.39 is 0 Å². The Balaban J connectivity index is 1.91. The Labute approximate surface area is 145 Å². The van der Waals surface area contributed by atoms with E-state index in [1.54, 1.807) is 14.2 Å². The van der Waals surface area contributed by atoms with Gasteiger partial charge in [-0.05, 0) is 31.9 Å². The zero-order valence-corrected chi connectivity index (χ0v) is 15.3. The minimum atomic E-state index is 0.0955. The molecule has 0 bridgehead atoms. The maximum absolute atomic E-state index is 12.3. The third-order valence-corrected chi connectivity index (χ3v) is 4.80. The summed E-state index contributed by atoms with van der Waals surface area (Å²) in [4.78, 5) is 14.3. The largest absolute Gasteiger partial charge is 0.493 e. The van der Waals surface area contributed by atoms with E-state index in [0.717, 1.165) is 17.7 Å². The molecule has 0 spiro atoms. The first-order valence-electron chi connectivity index (χ1n) is 8.73. The van der Waals surface area contributed by atoms with Gasteiger partial charge in [0.15, 0.2) is 11.5 Å². The standard InChI is InChI=1S/C19H30N2O3/c1-14-8-5-6-10-16(14)20-18(22)13-21(2)12-15-9-7-11-17(23-3)19(15)24-4/h7,9,11,14,16H,5-6,8,10,12-13H2,1-4H3,(H,20,22)/t14-,16-/m1/s1. The Morgan fingerprint density at radius 3 is 2.67 bits per heavy atom. The number of nitrogens with zero attached hydrogens (tertiary/aromatic N) is 1. The van der Waals surface area contributed by atoms with Gasteiger partial charge in [0.05, 0.1) is 20.8 Å².